The van der Waals surface area contributed by atoms with Crippen LogP contribution in [0.2, 0.25) is 0 Å². The number of hydrogen-bond acceptors (Lipinski definition) is 4. The van der Waals surface area contributed by atoms with E-state index < -0.39 is 0 Å². The number of anilines is 1. The SMILES string of the molecule is C=CCN1CC[C@H]2CN(c3cnccn3)C[C@@H]2C1=O. The molecule has 2 saturated heterocycles. The second kappa shape index (κ2) is 4.99. The molecule has 2 fully saturated rings. The number of carbonyl (C=O) groups is 1. The van der Waals surface area contributed by atoms with Crippen LogP contribution in [-0.4, -0.2) is 47.0 Å². The molecule has 0 spiro atoms. The van der Waals surface area contributed by atoms with Gasteiger partial charge in [0.1, 0.15) is 5.82 Å². The number of fused-ring (bicyclic) bond motifs is 1. The van der Waals surface area contributed by atoms with Crippen molar-refractivity contribution in [3.8, 4) is 0 Å². The highest BCUT2D eigenvalue weighted by Gasteiger charge is 2.42. The highest BCUT2D eigenvalue weighted by Crippen LogP contribution is 2.33. The normalized spacial score (nSPS) is 26.4. The zero-order chi connectivity index (χ0) is 13.2. The summed E-state index contributed by atoms with van der Waals surface area (Å²) in [5, 5.41) is 0. The predicted octanol–water partition coefficient (Wildman–Crippen LogP) is 0.947. The maximum absolute atomic E-state index is 12.4. The predicted molar refractivity (Wildman–Crippen MR) is 72.6 cm³/mol. The number of nitrogens with zero attached hydrogens (tertiary/aromatic N) is 4. The van der Waals surface area contributed by atoms with Crippen LogP contribution in [0.25, 0.3) is 0 Å². The van der Waals surface area contributed by atoms with Crippen LogP contribution in [0.4, 0.5) is 5.82 Å². The van der Waals surface area contributed by atoms with E-state index in [0.29, 0.717) is 12.5 Å². The van der Waals surface area contributed by atoms with Crippen LogP contribution in [0.5, 0.6) is 0 Å². The molecule has 0 saturated carbocycles. The third kappa shape index (κ3) is 2.20. The van der Waals surface area contributed by atoms with Gasteiger partial charge in [-0.15, -0.1) is 6.58 Å². The monoisotopic (exact) mass is 258 g/mol. The summed E-state index contributed by atoms with van der Waals surface area (Å²) in [6.07, 6.45) is 8.00. The average Bonchev–Trinajstić information content (AvgIpc) is 2.88. The summed E-state index contributed by atoms with van der Waals surface area (Å²) in [6.45, 7) is 6.90. The van der Waals surface area contributed by atoms with Gasteiger partial charge in [0.2, 0.25) is 5.91 Å². The fourth-order valence-corrected chi connectivity index (χ4v) is 3.09. The van der Waals surface area contributed by atoms with Gasteiger partial charge in [-0.05, 0) is 12.3 Å². The van der Waals surface area contributed by atoms with Crippen molar-refractivity contribution in [2.45, 2.75) is 6.42 Å². The van der Waals surface area contributed by atoms with Gasteiger partial charge in [-0.1, -0.05) is 6.08 Å². The molecule has 1 aromatic rings. The third-order valence-corrected chi connectivity index (χ3v) is 4.06. The van der Waals surface area contributed by atoms with Crippen molar-refractivity contribution >= 4 is 11.7 Å². The molecule has 2 atom stereocenters. The smallest absolute Gasteiger partial charge is 0.228 e. The average molecular weight is 258 g/mol. The molecule has 1 amide bonds. The molecule has 0 aromatic carbocycles. The van der Waals surface area contributed by atoms with E-state index in [1.54, 1.807) is 24.7 Å². The van der Waals surface area contributed by atoms with Crippen molar-refractivity contribution in [2.24, 2.45) is 11.8 Å². The van der Waals surface area contributed by atoms with Crippen molar-refractivity contribution in [3.05, 3.63) is 31.2 Å². The summed E-state index contributed by atoms with van der Waals surface area (Å²) in [5.74, 6) is 1.70. The van der Waals surface area contributed by atoms with E-state index in [4.69, 9.17) is 0 Å². The first-order chi connectivity index (χ1) is 9.29. The Morgan fingerprint density at radius 3 is 3.05 bits per heavy atom. The molecule has 0 N–H and O–H groups in total. The van der Waals surface area contributed by atoms with E-state index in [-0.39, 0.29) is 11.8 Å². The summed E-state index contributed by atoms with van der Waals surface area (Å²) in [6, 6.07) is 0. The Labute approximate surface area is 113 Å². The first kappa shape index (κ1) is 12.1. The van der Waals surface area contributed by atoms with Gasteiger partial charge in [-0.2, -0.15) is 0 Å². The zero-order valence-corrected chi connectivity index (χ0v) is 10.9. The fraction of sp³-hybridized carbons (Fsp3) is 0.500. The maximum atomic E-state index is 12.4. The van der Waals surface area contributed by atoms with E-state index in [2.05, 4.69) is 21.4 Å². The van der Waals surface area contributed by atoms with Gasteiger partial charge in [0, 0.05) is 38.6 Å². The van der Waals surface area contributed by atoms with Crippen LogP contribution in [-0.2, 0) is 4.79 Å². The molecule has 3 heterocycles. The van der Waals surface area contributed by atoms with Gasteiger partial charge in [-0.3, -0.25) is 9.78 Å². The van der Waals surface area contributed by atoms with Crippen LogP contribution in [0.3, 0.4) is 0 Å². The van der Waals surface area contributed by atoms with Gasteiger partial charge >= 0.3 is 0 Å². The minimum Gasteiger partial charge on any atom is -0.354 e. The minimum absolute atomic E-state index is 0.107. The molecule has 100 valence electrons. The van der Waals surface area contributed by atoms with Crippen molar-refractivity contribution in [1.82, 2.24) is 14.9 Å². The highest BCUT2D eigenvalue weighted by molar-refractivity contribution is 5.81. The lowest BCUT2D eigenvalue weighted by Crippen LogP contribution is -2.45. The van der Waals surface area contributed by atoms with E-state index in [1.165, 1.54) is 0 Å². The van der Waals surface area contributed by atoms with Crippen LogP contribution in [0.1, 0.15) is 6.42 Å². The molecular formula is C14H18N4O. The van der Waals surface area contributed by atoms with Gasteiger partial charge in [0.15, 0.2) is 0 Å². The molecule has 0 radical (unpaired) electrons. The lowest BCUT2D eigenvalue weighted by molar-refractivity contribution is -0.138. The quantitative estimate of drug-likeness (QED) is 0.757. The summed E-state index contributed by atoms with van der Waals surface area (Å²) in [4.78, 5) is 24.9. The Kier molecular flexibility index (Phi) is 3.19. The summed E-state index contributed by atoms with van der Waals surface area (Å²) < 4.78 is 0. The molecule has 19 heavy (non-hydrogen) atoms. The van der Waals surface area contributed by atoms with Gasteiger partial charge in [-0.25, -0.2) is 4.98 Å². The molecule has 5 nitrogen and oxygen atoms in total. The highest BCUT2D eigenvalue weighted by atomic mass is 16.2. The summed E-state index contributed by atoms with van der Waals surface area (Å²) >= 11 is 0. The lowest BCUT2D eigenvalue weighted by Gasteiger charge is -2.32. The first-order valence-electron chi connectivity index (χ1n) is 6.70. The largest absolute Gasteiger partial charge is 0.354 e. The topological polar surface area (TPSA) is 49.3 Å². The number of piperidine rings is 1. The number of likely N-dealkylation sites (tertiary alicyclic amines) is 1. The van der Waals surface area contributed by atoms with Crippen molar-refractivity contribution in [1.29, 1.82) is 0 Å². The molecule has 2 aliphatic rings. The van der Waals surface area contributed by atoms with E-state index in [1.807, 2.05) is 4.90 Å². The van der Waals surface area contributed by atoms with Crippen LogP contribution >= 0.6 is 0 Å². The van der Waals surface area contributed by atoms with Gasteiger partial charge < -0.3 is 9.80 Å². The maximum Gasteiger partial charge on any atom is 0.228 e. The molecule has 2 aliphatic heterocycles. The number of rotatable bonds is 3. The van der Waals surface area contributed by atoms with E-state index in [9.17, 15) is 4.79 Å². The number of amides is 1. The Balaban J connectivity index is 1.74. The Bertz CT molecular complexity index is 476. The molecule has 0 unspecified atom stereocenters. The molecule has 1 aromatic heterocycles. The van der Waals surface area contributed by atoms with E-state index >= 15 is 0 Å². The van der Waals surface area contributed by atoms with Crippen LogP contribution in [0, 0.1) is 11.8 Å². The van der Waals surface area contributed by atoms with Crippen LogP contribution in [0.15, 0.2) is 31.2 Å². The molecule has 0 bridgehead atoms. The molecular weight excluding hydrogens is 240 g/mol. The Hall–Kier alpha value is -1.91. The lowest BCUT2D eigenvalue weighted by atomic mass is 9.88. The zero-order valence-electron chi connectivity index (χ0n) is 10.9. The fourth-order valence-electron chi connectivity index (χ4n) is 3.09. The standard InChI is InChI=1S/C14H18N4O/c1-2-6-17-7-3-11-9-18(10-12(11)14(17)19)13-8-15-4-5-16-13/h2,4-5,8,11-12H,1,3,6-7,9-10H2/t11-,12-/m0/s1. The van der Waals surface area contributed by atoms with E-state index in [0.717, 1.165) is 31.9 Å². The second-order valence-electron chi connectivity index (χ2n) is 5.20. The summed E-state index contributed by atoms with van der Waals surface area (Å²) in [5.41, 5.74) is 0. The van der Waals surface area contributed by atoms with Crippen molar-refractivity contribution in [2.75, 3.05) is 31.1 Å². The summed E-state index contributed by atoms with van der Waals surface area (Å²) in [7, 11) is 0. The minimum atomic E-state index is 0.107. The third-order valence-electron chi connectivity index (χ3n) is 4.06. The Morgan fingerprint density at radius 1 is 1.42 bits per heavy atom. The van der Waals surface area contributed by atoms with Crippen molar-refractivity contribution < 1.29 is 4.79 Å². The molecule has 3 rings (SSSR count). The Morgan fingerprint density at radius 2 is 2.32 bits per heavy atom. The van der Waals surface area contributed by atoms with Gasteiger partial charge in [0.25, 0.3) is 0 Å². The van der Waals surface area contributed by atoms with Crippen LogP contribution < -0.4 is 4.90 Å². The second-order valence-corrected chi connectivity index (χ2v) is 5.20. The van der Waals surface area contributed by atoms with Gasteiger partial charge in [0.05, 0.1) is 12.1 Å². The first-order valence-corrected chi connectivity index (χ1v) is 6.70. The number of aromatic nitrogens is 2. The van der Waals surface area contributed by atoms with Crippen molar-refractivity contribution in [3.63, 3.8) is 0 Å². The molecule has 0 aliphatic carbocycles. The molecule has 5 heteroatoms. The number of carbonyl (C=O) groups excluding carboxylic acids is 1. The number of hydrogen-bond donors (Lipinski definition) is 0.